The van der Waals surface area contributed by atoms with E-state index in [1.54, 1.807) is 6.92 Å². The van der Waals surface area contributed by atoms with Crippen LogP contribution in [0.2, 0.25) is 0 Å². The Morgan fingerprint density at radius 3 is 2.43 bits per heavy atom. The first kappa shape index (κ1) is 26.3. The van der Waals surface area contributed by atoms with E-state index in [0.29, 0.717) is 25.7 Å². The zero-order valence-corrected chi connectivity index (χ0v) is 21.2. The van der Waals surface area contributed by atoms with E-state index in [4.69, 9.17) is 18.9 Å². The maximum absolute atomic E-state index is 12.9. The van der Waals surface area contributed by atoms with Crippen LogP contribution in [0.25, 0.3) is 0 Å². The van der Waals surface area contributed by atoms with Crippen LogP contribution in [0.3, 0.4) is 0 Å². The fourth-order valence-corrected chi connectivity index (χ4v) is 7.26. The fraction of sp³-hybridized carbons (Fsp3) is 0.741. The Kier molecular flexibility index (Phi) is 6.75. The van der Waals surface area contributed by atoms with Gasteiger partial charge in [-0.3, -0.25) is 0 Å². The summed E-state index contributed by atoms with van der Waals surface area (Å²) in [5.74, 6) is -2.48. The lowest BCUT2D eigenvalue weighted by molar-refractivity contribution is -0.209. The van der Waals surface area contributed by atoms with Gasteiger partial charge in [-0.05, 0) is 43.9 Å². The highest BCUT2D eigenvalue weighted by Crippen LogP contribution is 2.85. The summed E-state index contributed by atoms with van der Waals surface area (Å²) in [5, 5.41) is 32.0. The van der Waals surface area contributed by atoms with Gasteiger partial charge in [-0.15, -0.1) is 0 Å². The number of fused-ring (bicyclic) bond motifs is 3. The minimum Gasteiger partial charge on any atom is -0.463 e. The second-order valence-corrected chi connectivity index (χ2v) is 11.5. The van der Waals surface area contributed by atoms with Gasteiger partial charge >= 0.3 is 17.9 Å². The highest BCUT2D eigenvalue weighted by Gasteiger charge is 2.96. The summed E-state index contributed by atoms with van der Waals surface area (Å²) < 4.78 is 22.8. The van der Waals surface area contributed by atoms with Gasteiger partial charge < -0.3 is 34.3 Å². The first-order valence-electron chi connectivity index (χ1n) is 13.1. The highest BCUT2D eigenvalue weighted by atomic mass is 16.7. The minimum absolute atomic E-state index is 0.00593. The number of aliphatic hydroxyl groups is 3. The molecule has 0 aromatic carbocycles. The van der Waals surface area contributed by atoms with Gasteiger partial charge in [0.05, 0.1) is 18.8 Å². The Morgan fingerprint density at radius 2 is 1.76 bits per heavy atom. The molecule has 5 aliphatic rings. The number of carbonyl (C=O) groups is 3. The molecule has 37 heavy (non-hydrogen) atoms. The summed E-state index contributed by atoms with van der Waals surface area (Å²) in [6.07, 6.45) is 4.35. The molecule has 0 amide bonds. The Morgan fingerprint density at radius 1 is 1.03 bits per heavy atom. The van der Waals surface area contributed by atoms with Crippen LogP contribution in [-0.4, -0.2) is 83.1 Å². The first-order valence-corrected chi connectivity index (χ1v) is 13.1. The summed E-state index contributed by atoms with van der Waals surface area (Å²) in [4.78, 5) is 37.5. The highest BCUT2D eigenvalue weighted by molar-refractivity contribution is 5.84. The Labute approximate surface area is 215 Å². The third-order valence-electron chi connectivity index (χ3n) is 9.81. The van der Waals surface area contributed by atoms with Crippen LogP contribution >= 0.6 is 0 Å². The van der Waals surface area contributed by atoms with E-state index in [2.05, 4.69) is 0 Å². The van der Waals surface area contributed by atoms with Crippen molar-refractivity contribution in [3.8, 4) is 0 Å². The van der Waals surface area contributed by atoms with E-state index in [0.717, 1.165) is 0 Å². The maximum Gasteiger partial charge on any atom is 0.335 e. The summed E-state index contributed by atoms with van der Waals surface area (Å²) in [7, 11) is 0. The standard InChI is InChI=1S/C27H36O10/c1-15-8-10-34-20(30)5-3-4-6-21(31)36-19-12-17-23-27(17,37-23)25(19,2)26(14-35-24(33)22(15)32)9-7-16(13-28)11-18(26)29/h3-6,15-19,22-23,28-29,32H,7-14H2,1-2H3/b5-3-,6-4-. The molecular weight excluding hydrogens is 484 g/mol. The predicted molar refractivity (Wildman–Crippen MR) is 127 cm³/mol. The topological polar surface area (TPSA) is 152 Å². The van der Waals surface area contributed by atoms with Crippen LogP contribution in [-0.2, 0) is 33.3 Å². The molecule has 10 unspecified atom stereocenters. The first-order chi connectivity index (χ1) is 17.6. The molecule has 3 saturated carbocycles. The number of carbonyl (C=O) groups excluding carboxylic acids is 3. The molecule has 5 rings (SSSR count). The van der Waals surface area contributed by atoms with E-state index in [-0.39, 0.29) is 44.2 Å². The van der Waals surface area contributed by atoms with Gasteiger partial charge in [-0.25, -0.2) is 14.4 Å². The lowest BCUT2D eigenvalue weighted by Gasteiger charge is -2.55. The van der Waals surface area contributed by atoms with E-state index in [1.807, 2.05) is 6.92 Å². The van der Waals surface area contributed by atoms with Gasteiger partial charge in [0.2, 0.25) is 0 Å². The van der Waals surface area contributed by atoms with Gasteiger partial charge in [0.25, 0.3) is 0 Å². The molecule has 2 aliphatic heterocycles. The monoisotopic (exact) mass is 520 g/mol. The Balaban J connectivity index is 1.49. The summed E-state index contributed by atoms with van der Waals surface area (Å²) in [6, 6.07) is 0. The van der Waals surface area contributed by atoms with E-state index in [1.165, 1.54) is 24.3 Å². The smallest absolute Gasteiger partial charge is 0.335 e. The predicted octanol–water partition coefficient (Wildman–Crippen LogP) is 0.815. The SMILES string of the molecule is CC1CCOC(=O)/C=C\C=C/C(=O)OC2CC3C4OC34C2(C)C2(CCC(CO)CC2O)COC(=O)C1O. The lowest BCUT2D eigenvalue weighted by Crippen LogP contribution is -2.62. The van der Waals surface area contributed by atoms with E-state index in [9.17, 15) is 29.7 Å². The molecule has 1 saturated heterocycles. The third kappa shape index (κ3) is 4.04. The Hall–Kier alpha value is -2.27. The number of hydrogen-bond donors (Lipinski definition) is 3. The average molecular weight is 521 g/mol. The molecule has 3 N–H and O–H groups in total. The van der Waals surface area contributed by atoms with Crippen LogP contribution in [0.1, 0.15) is 46.0 Å². The normalized spacial score (nSPS) is 49.8. The number of cyclic esters (lactones) is 2. The molecule has 10 heteroatoms. The van der Waals surface area contributed by atoms with Crippen molar-refractivity contribution in [1.82, 2.24) is 0 Å². The van der Waals surface area contributed by atoms with E-state index < -0.39 is 58.6 Å². The van der Waals surface area contributed by atoms with Crippen LogP contribution < -0.4 is 0 Å². The Bertz CT molecular complexity index is 1010. The van der Waals surface area contributed by atoms with Crippen molar-refractivity contribution in [2.75, 3.05) is 19.8 Å². The third-order valence-corrected chi connectivity index (χ3v) is 9.81. The van der Waals surface area contributed by atoms with Crippen LogP contribution in [0.15, 0.2) is 24.3 Å². The number of hydrogen-bond acceptors (Lipinski definition) is 10. The summed E-state index contributed by atoms with van der Waals surface area (Å²) in [5.41, 5.74) is -2.43. The number of epoxide rings is 1. The molecule has 0 bridgehead atoms. The fourth-order valence-electron chi connectivity index (χ4n) is 7.26. The molecule has 4 fully saturated rings. The number of esters is 3. The quantitative estimate of drug-likeness (QED) is 0.257. The molecule has 10 nitrogen and oxygen atoms in total. The van der Waals surface area contributed by atoms with Crippen molar-refractivity contribution in [3.63, 3.8) is 0 Å². The molecule has 204 valence electrons. The van der Waals surface area contributed by atoms with Crippen LogP contribution in [0.5, 0.6) is 0 Å². The maximum atomic E-state index is 12.9. The number of aliphatic hydroxyl groups excluding tert-OH is 3. The van der Waals surface area contributed by atoms with Gasteiger partial charge in [0.1, 0.15) is 18.3 Å². The zero-order chi connectivity index (χ0) is 26.6. The van der Waals surface area contributed by atoms with Crippen molar-refractivity contribution >= 4 is 17.9 Å². The van der Waals surface area contributed by atoms with Gasteiger partial charge in [0.15, 0.2) is 6.10 Å². The zero-order valence-electron chi connectivity index (χ0n) is 21.2. The molecular formula is C27H36O10. The summed E-state index contributed by atoms with van der Waals surface area (Å²) >= 11 is 0. The minimum atomic E-state index is -1.44. The van der Waals surface area contributed by atoms with Crippen molar-refractivity contribution in [1.29, 1.82) is 0 Å². The lowest BCUT2D eigenvalue weighted by atomic mass is 9.52. The van der Waals surface area contributed by atoms with Crippen molar-refractivity contribution in [3.05, 3.63) is 24.3 Å². The van der Waals surface area contributed by atoms with Crippen molar-refractivity contribution < 1.29 is 48.7 Å². The molecule has 2 heterocycles. The molecule has 2 spiro atoms. The number of ether oxygens (including phenoxy) is 4. The number of rotatable bonds is 1. The van der Waals surface area contributed by atoms with Gasteiger partial charge in [-0.1, -0.05) is 26.0 Å². The van der Waals surface area contributed by atoms with Crippen LogP contribution in [0.4, 0.5) is 0 Å². The second kappa shape index (κ2) is 9.48. The van der Waals surface area contributed by atoms with Crippen LogP contribution in [0, 0.1) is 28.6 Å². The molecule has 0 aromatic heterocycles. The van der Waals surface area contributed by atoms with Gasteiger partial charge in [0, 0.05) is 35.5 Å². The molecule has 10 atom stereocenters. The van der Waals surface area contributed by atoms with Crippen molar-refractivity contribution in [2.45, 2.75) is 76.0 Å². The van der Waals surface area contributed by atoms with E-state index >= 15 is 0 Å². The average Bonchev–Trinajstić information content (AvgIpc) is 3.75. The molecule has 3 aliphatic carbocycles. The molecule has 0 radical (unpaired) electrons. The largest absolute Gasteiger partial charge is 0.463 e. The number of allylic oxidation sites excluding steroid dienone is 2. The molecule has 0 aromatic rings. The second-order valence-electron chi connectivity index (χ2n) is 11.5. The van der Waals surface area contributed by atoms with Crippen molar-refractivity contribution in [2.24, 2.45) is 28.6 Å². The summed E-state index contributed by atoms with van der Waals surface area (Å²) in [6.45, 7) is 3.36. The van der Waals surface area contributed by atoms with Gasteiger partial charge in [-0.2, -0.15) is 0 Å².